The smallest absolute Gasteiger partial charge is 0.270 e. The number of carbonyl (C=O) groups excluding carboxylic acids is 1. The standard InChI is InChI=1S/C17H22N2O2/c1-12-6-5-8-13-14-7-3-4-9-18(2)17(21)16(14)19(10-11-20)15(12)13/h5-6,8,20H,3-4,7,9-11H2,1-2H3. The van der Waals surface area contributed by atoms with Crippen LogP contribution in [0.5, 0.6) is 0 Å². The summed E-state index contributed by atoms with van der Waals surface area (Å²) in [5.41, 5.74) is 4.18. The minimum atomic E-state index is 0.0432. The number of rotatable bonds is 2. The maximum atomic E-state index is 12.8. The van der Waals surface area contributed by atoms with Crippen molar-refractivity contribution in [3.63, 3.8) is 0 Å². The Morgan fingerprint density at radius 2 is 2.10 bits per heavy atom. The fourth-order valence-electron chi connectivity index (χ4n) is 3.42. The number of hydrogen-bond donors (Lipinski definition) is 1. The zero-order valence-electron chi connectivity index (χ0n) is 12.7. The molecule has 21 heavy (non-hydrogen) atoms. The first-order valence-electron chi connectivity index (χ1n) is 7.62. The van der Waals surface area contributed by atoms with Crippen LogP contribution in [-0.2, 0) is 13.0 Å². The molecule has 2 aromatic rings. The highest BCUT2D eigenvalue weighted by molar-refractivity contribution is 6.02. The third-order valence-corrected chi connectivity index (χ3v) is 4.43. The van der Waals surface area contributed by atoms with Gasteiger partial charge in [-0.2, -0.15) is 0 Å². The SMILES string of the molecule is Cc1cccc2c3c(n(CCO)c12)C(=O)N(C)CCCC3. The zero-order valence-corrected chi connectivity index (χ0v) is 12.7. The number of aryl methyl sites for hydroxylation is 2. The Labute approximate surface area is 125 Å². The Balaban J connectivity index is 2.34. The lowest BCUT2D eigenvalue weighted by atomic mass is 10.0. The van der Waals surface area contributed by atoms with Crippen LogP contribution < -0.4 is 0 Å². The molecule has 4 nitrogen and oxygen atoms in total. The summed E-state index contributed by atoms with van der Waals surface area (Å²) >= 11 is 0. The number of nitrogens with zero attached hydrogens (tertiary/aromatic N) is 2. The molecule has 1 amide bonds. The molecule has 112 valence electrons. The van der Waals surface area contributed by atoms with E-state index in [1.807, 2.05) is 17.7 Å². The number of amides is 1. The molecule has 0 bridgehead atoms. The van der Waals surface area contributed by atoms with Gasteiger partial charge in [-0.05, 0) is 37.3 Å². The van der Waals surface area contributed by atoms with Gasteiger partial charge in [0.2, 0.25) is 0 Å². The van der Waals surface area contributed by atoms with Gasteiger partial charge >= 0.3 is 0 Å². The summed E-state index contributed by atoms with van der Waals surface area (Å²) in [7, 11) is 1.87. The average molecular weight is 286 g/mol. The molecule has 1 aliphatic rings. The lowest BCUT2D eigenvalue weighted by molar-refractivity contribution is 0.0776. The van der Waals surface area contributed by atoms with E-state index in [0.29, 0.717) is 6.54 Å². The summed E-state index contributed by atoms with van der Waals surface area (Å²) < 4.78 is 2.02. The molecular weight excluding hydrogens is 264 g/mol. The van der Waals surface area contributed by atoms with Crippen molar-refractivity contribution < 1.29 is 9.90 Å². The van der Waals surface area contributed by atoms with Crippen LogP contribution in [0.1, 0.15) is 34.5 Å². The van der Waals surface area contributed by atoms with Crippen molar-refractivity contribution in [2.24, 2.45) is 0 Å². The largest absolute Gasteiger partial charge is 0.395 e. The number of para-hydroxylation sites is 1. The molecule has 0 saturated heterocycles. The zero-order chi connectivity index (χ0) is 15.0. The van der Waals surface area contributed by atoms with Gasteiger partial charge in [0.25, 0.3) is 5.91 Å². The first-order valence-corrected chi connectivity index (χ1v) is 7.62. The van der Waals surface area contributed by atoms with E-state index in [1.54, 1.807) is 4.90 Å². The fraction of sp³-hybridized carbons (Fsp3) is 0.471. The van der Waals surface area contributed by atoms with Crippen LogP contribution in [0.2, 0.25) is 0 Å². The van der Waals surface area contributed by atoms with E-state index in [9.17, 15) is 9.90 Å². The average Bonchev–Trinajstić information content (AvgIpc) is 2.77. The van der Waals surface area contributed by atoms with Crippen LogP contribution >= 0.6 is 0 Å². The van der Waals surface area contributed by atoms with E-state index < -0.39 is 0 Å². The van der Waals surface area contributed by atoms with Gasteiger partial charge in [0.1, 0.15) is 5.69 Å². The highest BCUT2D eigenvalue weighted by atomic mass is 16.3. The van der Waals surface area contributed by atoms with E-state index in [0.717, 1.165) is 48.1 Å². The highest BCUT2D eigenvalue weighted by Gasteiger charge is 2.26. The Bertz CT molecular complexity index is 688. The summed E-state index contributed by atoms with van der Waals surface area (Å²) in [5.74, 6) is 0.0775. The molecule has 0 radical (unpaired) electrons. The van der Waals surface area contributed by atoms with Crippen LogP contribution in [0, 0.1) is 6.92 Å². The number of carbonyl (C=O) groups is 1. The van der Waals surface area contributed by atoms with Crippen molar-refractivity contribution in [3.8, 4) is 0 Å². The topological polar surface area (TPSA) is 45.5 Å². The van der Waals surface area contributed by atoms with E-state index in [-0.39, 0.29) is 12.5 Å². The molecule has 1 N–H and O–H groups in total. The molecule has 1 aromatic carbocycles. The van der Waals surface area contributed by atoms with Crippen molar-refractivity contribution >= 4 is 16.8 Å². The van der Waals surface area contributed by atoms with Gasteiger partial charge in [-0.25, -0.2) is 0 Å². The number of aliphatic hydroxyl groups is 1. The second-order valence-electron chi connectivity index (χ2n) is 5.86. The molecule has 2 heterocycles. The maximum Gasteiger partial charge on any atom is 0.270 e. The first-order chi connectivity index (χ1) is 10.1. The molecule has 0 saturated carbocycles. The summed E-state index contributed by atoms with van der Waals surface area (Å²) in [6.45, 7) is 3.38. The van der Waals surface area contributed by atoms with Gasteiger partial charge in [0.15, 0.2) is 0 Å². The molecule has 0 aliphatic carbocycles. The molecule has 1 aromatic heterocycles. The van der Waals surface area contributed by atoms with Gasteiger partial charge in [0, 0.05) is 25.5 Å². The van der Waals surface area contributed by atoms with Crippen molar-refractivity contribution in [2.45, 2.75) is 32.7 Å². The van der Waals surface area contributed by atoms with Gasteiger partial charge in [0.05, 0.1) is 12.1 Å². The third kappa shape index (κ3) is 2.23. The Morgan fingerprint density at radius 1 is 1.29 bits per heavy atom. The summed E-state index contributed by atoms with van der Waals surface area (Å²) in [6, 6.07) is 6.22. The van der Waals surface area contributed by atoms with Crippen LogP contribution in [0.3, 0.4) is 0 Å². The van der Waals surface area contributed by atoms with Gasteiger partial charge in [-0.3, -0.25) is 4.79 Å². The maximum absolute atomic E-state index is 12.8. The predicted molar refractivity (Wildman–Crippen MR) is 83.7 cm³/mol. The van der Waals surface area contributed by atoms with Crippen molar-refractivity contribution in [1.29, 1.82) is 0 Å². The lowest BCUT2D eigenvalue weighted by Crippen LogP contribution is -2.32. The van der Waals surface area contributed by atoms with Gasteiger partial charge in [-0.1, -0.05) is 18.2 Å². The third-order valence-electron chi connectivity index (χ3n) is 4.43. The van der Waals surface area contributed by atoms with Crippen LogP contribution in [-0.4, -0.2) is 40.7 Å². The van der Waals surface area contributed by atoms with Crippen LogP contribution in [0.25, 0.3) is 10.9 Å². The van der Waals surface area contributed by atoms with E-state index in [4.69, 9.17) is 0 Å². The molecule has 3 rings (SSSR count). The number of hydrogen-bond acceptors (Lipinski definition) is 2. The lowest BCUT2D eigenvalue weighted by Gasteiger charge is -2.22. The van der Waals surface area contributed by atoms with Gasteiger partial charge in [-0.15, -0.1) is 0 Å². The van der Waals surface area contributed by atoms with Crippen molar-refractivity contribution in [2.75, 3.05) is 20.2 Å². The number of aromatic nitrogens is 1. The predicted octanol–water partition coefficient (Wildman–Crippen LogP) is 2.35. The normalized spacial score (nSPS) is 16.0. The number of aliphatic hydroxyl groups excluding tert-OH is 1. The summed E-state index contributed by atoms with van der Waals surface area (Å²) in [6.07, 6.45) is 3.07. The van der Waals surface area contributed by atoms with E-state index >= 15 is 0 Å². The quantitative estimate of drug-likeness (QED) is 0.921. The number of benzene rings is 1. The molecule has 4 heteroatoms. The monoisotopic (exact) mass is 286 g/mol. The Kier molecular flexibility index (Phi) is 3.72. The minimum Gasteiger partial charge on any atom is -0.395 e. The molecule has 1 aliphatic heterocycles. The molecule has 0 fully saturated rings. The van der Waals surface area contributed by atoms with Crippen molar-refractivity contribution in [1.82, 2.24) is 9.47 Å². The van der Waals surface area contributed by atoms with E-state index in [2.05, 4.69) is 19.1 Å². The Morgan fingerprint density at radius 3 is 2.86 bits per heavy atom. The minimum absolute atomic E-state index is 0.0432. The molecule has 0 spiro atoms. The first kappa shape index (κ1) is 14.1. The van der Waals surface area contributed by atoms with Crippen LogP contribution in [0.4, 0.5) is 0 Å². The summed E-state index contributed by atoms with van der Waals surface area (Å²) in [5, 5.41) is 10.6. The second-order valence-corrected chi connectivity index (χ2v) is 5.86. The molecular formula is C17H22N2O2. The Hall–Kier alpha value is -1.81. The second kappa shape index (κ2) is 5.53. The highest BCUT2D eigenvalue weighted by Crippen LogP contribution is 2.31. The van der Waals surface area contributed by atoms with Crippen molar-refractivity contribution in [3.05, 3.63) is 35.0 Å². The number of fused-ring (bicyclic) bond motifs is 3. The molecule has 0 atom stereocenters. The summed E-state index contributed by atoms with van der Waals surface area (Å²) in [4.78, 5) is 14.6. The molecule has 0 unspecified atom stereocenters. The fourth-order valence-corrected chi connectivity index (χ4v) is 3.42. The van der Waals surface area contributed by atoms with Crippen LogP contribution in [0.15, 0.2) is 18.2 Å². The van der Waals surface area contributed by atoms with Gasteiger partial charge < -0.3 is 14.6 Å². The van der Waals surface area contributed by atoms with E-state index in [1.165, 1.54) is 5.39 Å².